The Labute approximate surface area is 172 Å². The van der Waals surface area contributed by atoms with E-state index in [9.17, 15) is 13.2 Å². The fourth-order valence-electron chi connectivity index (χ4n) is 3.28. The standard InChI is InChI=1S/C20H18BrN3O3S/c21-17-4-6-18(7-5-17)28(26,27)24-12-10-23(11-13-24)20(25)16-3-8-19-15(14-16)2-1-9-22-19/h1-9,14H,10-13H2. The zero-order chi connectivity index (χ0) is 19.7. The van der Waals surface area contributed by atoms with Crippen LogP contribution in [0.25, 0.3) is 10.9 Å². The van der Waals surface area contributed by atoms with Gasteiger partial charge in [0.2, 0.25) is 10.0 Å². The van der Waals surface area contributed by atoms with E-state index >= 15 is 0 Å². The Hall–Kier alpha value is -2.29. The molecule has 0 bridgehead atoms. The highest BCUT2D eigenvalue weighted by molar-refractivity contribution is 9.10. The Morgan fingerprint density at radius 2 is 1.68 bits per heavy atom. The first-order valence-electron chi connectivity index (χ1n) is 8.85. The first kappa shape index (κ1) is 19.0. The number of piperazine rings is 1. The maximum absolute atomic E-state index is 12.8. The Kier molecular flexibility index (Phi) is 5.18. The fraction of sp³-hybridized carbons (Fsp3) is 0.200. The molecule has 0 spiro atoms. The SMILES string of the molecule is O=C(c1ccc2ncccc2c1)N1CCN(S(=O)(=O)c2ccc(Br)cc2)CC1. The number of halogens is 1. The van der Waals surface area contributed by atoms with Crippen molar-refractivity contribution in [2.75, 3.05) is 26.2 Å². The Bertz CT molecular complexity index is 1120. The lowest BCUT2D eigenvalue weighted by molar-refractivity contribution is 0.0698. The van der Waals surface area contributed by atoms with Crippen LogP contribution in [0.1, 0.15) is 10.4 Å². The molecule has 28 heavy (non-hydrogen) atoms. The predicted molar refractivity (Wildman–Crippen MR) is 111 cm³/mol. The number of hydrogen-bond donors (Lipinski definition) is 0. The molecule has 0 aliphatic carbocycles. The normalized spacial score (nSPS) is 15.7. The van der Waals surface area contributed by atoms with Crippen LogP contribution in [0, 0.1) is 0 Å². The molecule has 1 aliphatic rings. The maximum atomic E-state index is 12.8. The minimum absolute atomic E-state index is 0.0913. The van der Waals surface area contributed by atoms with Crippen molar-refractivity contribution in [3.05, 3.63) is 70.8 Å². The Morgan fingerprint density at radius 3 is 2.39 bits per heavy atom. The number of amides is 1. The number of carbonyl (C=O) groups is 1. The molecular formula is C20H18BrN3O3S. The second kappa shape index (κ2) is 7.62. The van der Waals surface area contributed by atoms with Crippen LogP contribution in [-0.4, -0.2) is 54.7 Å². The summed E-state index contributed by atoms with van der Waals surface area (Å²) in [6.07, 6.45) is 1.72. The number of carbonyl (C=O) groups excluding carboxylic acids is 1. The second-order valence-corrected chi connectivity index (χ2v) is 9.41. The average Bonchev–Trinajstić information content (AvgIpc) is 2.73. The molecule has 3 aromatic rings. The van der Waals surface area contributed by atoms with Crippen LogP contribution in [0.3, 0.4) is 0 Å². The average molecular weight is 460 g/mol. The molecule has 2 heterocycles. The van der Waals surface area contributed by atoms with Gasteiger partial charge in [-0.1, -0.05) is 22.0 Å². The van der Waals surface area contributed by atoms with Gasteiger partial charge in [0.1, 0.15) is 0 Å². The molecule has 1 aromatic heterocycles. The second-order valence-electron chi connectivity index (χ2n) is 6.56. The van der Waals surface area contributed by atoms with E-state index in [0.717, 1.165) is 15.4 Å². The molecule has 0 atom stereocenters. The first-order chi connectivity index (χ1) is 13.4. The lowest BCUT2D eigenvalue weighted by Crippen LogP contribution is -2.50. The molecule has 4 rings (SSSR count). The number of sulfonamides is 1. The van der Waals surface area contributed by atoms with Gasteiger partial charge in [0.25, 0.3) is 5.91 Å². The quantitative estimate of drug-likeness (QED) is 0.602. The number of nitrogens with zero attached hydrogens (tertiary/aromatic N) is 3. The topological polar surface area (TPSA) is 70.6 Å². The molecule has 8 heteroatoms. The molecule has 1 amide bonds. The first-order valence-corrected chi connectivity index (χ1v) is 11.1. The summed E-state index contributed by atoms with van der Waals surface area (Å²) in [4.78, 5) is 19.1. The van der Waals surface area contributed by atoms with Crippen molar-refractivity contribution in [3.63, 3.8) is 0 Å². The van der Waals surface area contributed by atoms with Crippen LogP contribution < -0.4 is 0 Å². The molecule has 1 fully saturated rings. The summed E-state index contributed by atoms with van der Waals surface area (Å²) in [5.41, 5.74) is 1.43. The van der Waals surface area contributed by atoms with E-state index in [0.29, 0.717) is 18.7 Å². The number of hydrogen-bond acceptors (Lipinski definition) is 4. The number of aromatic nitrogens is 1. The van der Waals surface area contributed by atoms with Gasteiger partial charge in [-0.3, -0.25) is 9.78 Å². The Morgan fingerprint density at radius 1 is 0.964 bits per heavy atom. The van der Waals surface area contributed by atoms with Crippen LogP contribution in [0.15, 0.2) is 70.2 Å². The van der Waals surface area contributed by atoms with E-state index in [-0.39, 0.29) is 23.9 Å². The monoisotopic (exact) mass is 459 g/mol. The van der Waals surface area contributed by atoms with Crippen LogP contribution in [-0.2, 0) is 10.0 Å². The minimum atomic E-state index is -3.56. The predicted octanol–water partition coefficient (Wildman–Crippen LogP) is 3.14. The molecule has 1 saturated heterocycles. The molecule has 0 radical (unpaired) electrons. The third-order valence-electron chi connectivity index (χ3n) is 4.83. The van der Waals surface area contributed by atoms with Crippen LogP contribution in [0.5, 0.6) is 0 Å². The van der Waals surface area contributed by atoms with Crippen molar-refractivity contribution < 1.29 is 13.2 Å². The van der Waals surface area contributed by atoms with E-state index in [1.165, 1.54) is 4.31 Å². The van der Waals surface area contributed by atoms with Crippen LogP contribution >= 0.6 is 15.9 Å². The number of benzene rings is 2. The van der Waals surface area contributed by atoms with Gasteiger partial charge in [-0.05, 0) is 48.5 Å². The summed E-state index contributed by atoms with van der Waals surface area (Å²) in [7, 11) is -3.56. The molecule has 0 saturated carbocycles. The van der Waals surface area contributed by atoms with Gasteiger partial charge in [0.05, 0.1) is 10.4 Å². The molecule has 144 valence electrons. The van der Waals surface area contributed by atoms with Crippen LogP contribution in [0.4, 0.5) is 0 Å². The molecule has 6 nitrogen and oxygen atoms in total. The summed E-state index contributed by atoms with van der Waals surface area (Å²) in [5.74, 6) is -0.0913. The molecule has 1 aliphatic heterocycles. The van der Waals surface area contributed by atoms with Crippen molar-refractivity contribution in [3.8, 4) is 0 Å². The van der Waals surface area contributed by atoms with Crippen molar-refractivity contribution in [1.82, 2.24) is 14.2 Å². The number of fused-ring (bicyclic) bond motifs is 1. The summed E-state index contributed by atoms with van der Waals surface area (Å²) >= 11 is 3.31. The molecule has 2 aromatic carbocycles. The number of pyridine rings is 1. The highest BCUT2D eigenvalue weighted by Crippen LogP contribution is 2.21. The highest BCUT2D eigenvalue weighted by atomic mass is 79.9. The molecule has 0 N–H and O–H groups in total. The summed E-state index contributed by atoms with van der Waals surface area (Å²) in [5, 5.41) is 0.907. The van der Waals surface area contributed by atoms with Gasteiger partial charge in [-0.25, -0.2) is 8.42 Å². The Balaban J connectivity index is 1.47. The van der Waals surface area contributed by atoms with Gasteiger partial charge in [0.15, 0.2) is 0 Å². The van der Waals surface area contributed by atoms with E-state index in [4.69, 9.17) is 0 Å². The third kappa shape index (κ3) is 3.67. The highest BCUT2D eigenvalue weighted by Gasteiger charge is 2.30. The maximum Gasteiger partial charge on any atom is 0.253 e. The fourth-order valence-corrected chi connectivity index (χ4v) is 4.96. The van der Waals surface area contributed by atoms with Crippen molar-refractivity contribution in [2.45, 2.75) is 4.90 Å². The van der Waals surface area contributed by atoms with Gasteiger partial charge >= 0.3 is 0 Å². The molecular weight excluding hydrogens is 442 g/mol. The lowest BCUT2D eigenvalue weighted by Gasteiger charge is -2.34. The van der Waals surface area contributed by atoms with E-state index < -0.39 is 10.0 Å². The van der Waals surface area contributed by atoms with Crippen molar-refractivity contribution in [2.24, 2.45) is 0 Å². The van der Waals surface area contributed by atoms with E-state index in [1.54, 1.807) is 41.4 Å². The lowest BCUT2D eigenvalue weighted by atomic mass is 10.1. The van der Waals surface area contributed by atoms with Gasteiger partial charge in [-0.15, -0.1) is 0 Å². The van der Waals surface area contributed by atoms with Crippen LogP contribution in [0.2, 0.25) is 0 Å². The van der Waals surface area contributed by atoms with Gasteiger partial charge in [0, 0.05) is 47.8 Å². The summed E-state index contributed by atoms with van der Waals surface area (Å²) in [6.45, 7) is 1.28. The largest absolute Gasteiger partial charge is 0.336 e. The van der Waals surface area contributed by atoms with E-state index in [2.05, 4.69) is 20.9 Å². The van der Waals surface area contributed by atoms with Gasteiger partial charge in [-0.2, -0.15) is 4.31 Å². The number of rotatable bonds is 3. The minimum Gasteiger partial charge on any atom is -0.336 e. The van der Waals surface area contributed by atoms with Crippen molar-refractivity contribution >= 4 is 42.8 Å². The summed E-state index contributed by atoms with van der Waals surface area (Å²) in [6, 6.07) is 15.8. The van der Waals surface area contributed by atoms with Gasteiger partial charge < -0.3 is 4.90 Å². The molecule has 0 unspecified atom stereocenters. The smallest absolute Gasteiger partial charge is 0.253 e. The zero-order valence-corrected chi connectivity index (χ0v) is 17.4. The summed E-state index contributed by atoms with van der Waals surface area (Å²) < 4.78 is 27.8. The van der Waals surface area contributed by atoms with Crippen molar-refractivity contribution in [1.29, 1.82) is 0 Å². The van der Waals surface area contributed by atoms with E-state index in [1.807, 2.05) is 24.3 Å². The third-order valence-corrected chi connectivity index (χ3v) is 7.27. The zero-order valence-electron chi connectivity index (χ0n) is 15.0.